The summed E-state index contributed by atoms with van der Waals surface area (Å²) in [6.07, 6.45) is 0. The molecule has 0 aliphatic carbocycles. The standard InChI is InChI=1S/C14H13N3O2/c1-9-10-5-3-4-6-12(10)16-14(11(9)7-15)17(2)8-13(18)19/h3-6H,8H2,1-2H3,(H,18,19). The Balaban J connectivity index is 2.67. The predicted molar refractivity (Wildman–Crippen MR) is 72.1 cm³/mol. The van der Waals surface area contributed by atoms with Gasteiger partial charge in [0.2, 0.25) is 0 Å². The SMILES string of the molecule is Cc1c(C#N)c(N(C)CC(=O)O)nc2ccccc12. The van der Waals surface area contributed by atoms with Crippen LogP contribution in [0.4, 0.5) is 5.82 Å². The topological polar surface area (TPSA) is 77.2 Å². The number of carboxylic acids is 1. The van der Waals surface area contributed by atoms with Crippen LogP contribution in [0, 0.1) is 18.3 Å². The molecular formula is C14H13N3O2. The van der Waals surface area contributed by atoms with Crippen LogP contribution in [0.15, 0.2) is 24.3 Å². The number of nitrogens with zero attached hydrogens (tertiary/aromatic N) is 3. The number of hydrogen-bond acceptors (Lipinski definition) is 4. The molecular weight excluding hydrogens is 242 g/mol. The van der Waals surface area contributed by atoms with Crippen molar-refractivity contribution >= 4 is 22.7 Å². The molecule has 0 bridgehead atoms. The number of fused-ring (bicyclic) bond motifs is 1. The molecule has 2 rings (SSSR count). The van der Waals surface area contributed by atoms with Crippen molar-refractivity contribution < 1.29 is 9.90 Å². The van der Waals surface area contributed by atoms with Crippen molar-refractivity contribution in [2.75, 3.05) is 18.5 Å². The maximum absolute atomic E-state index is 10.8. The fourth-order valence-electron chi connectivity index (χ4n) is 2.05. The largest absolute Gasteiger partial charge is 0.480 e. The average Bonchev–Trinajstić information content (AvgIpc) is 2.38. The van der Waals surface area contributed by atoms with Gasteiger partial charge >= 0.3 is 5.97 Å². The van der Waals surface area contributed by atoms with Gasteiger partial charge in [-0.1, -0.05) is 18.2 Å². The Labute approximate surface area is 110 Å². The number of rotatable bonds is 3. The van der Waals surface area contributed by atoms with E-state index in [1.54, 1.807) is 7.05 Å². The van der Waals surface area contributed by atoms with E-state index in [2.05, 4.69) is 11.1 Å². The van der Waals surface area contributed by atoms with Gasteiger partial charge in [-0.25, -0.2) is 4.98 Å². The third-order valence-electron chi connectivity index (χ3n) is 2.98. The summed E-state index contributed by atoms with van der Waals surface area (Å²) in [4.78, 5) is 16.7. The minimum atomic E-state index is -0.959. The molecule has 0 saturated heterocycles. The smallest absolute Gasteiger partial charge is 0.323 e. The molecule has 5 heteroatoms. The zero-order valence-corrected chi connectivity index (χ0v) is 10.7. The van der Waals surface area contributed by atoms with E-state index in [0.29, 0.717) is 11.4 Å². The first-order valence-electron chi connectivity index (χ1n) is 5.77. The molecule has 1 aromatic heterocycles. The van der Waals surface area contributed by atoms with Gasteiger partial charge in [-0.3, -0.25) is 4.79 Å². The van der Waals surface area contributed by atoms with E-state index in [4.69, 9.17) is 5.11 Å². The van der Waals surface area contributed by atoms with Crippen molar-refractivity contribution in [1.82, 2.24) is 4.98 Å². The molecule has 0 spiro atoms. The molecule has 5 nitrogen and oxygen atoms in total. The second-order valence-electron chi connectivity index (χ2n) is 4.31. The summed E-state index contributed by atoms with van der Waals surface area (Å²) < 4.78 is 0. The van der Waals surface area contributed by atoms with Gasteiger partial charge in [-0.2, -0.15) is 5.26 Å². The van der Waals surface area contributed by atoms with Crippen LogP contribution in [0.3, 0.4) is 0 Å². The third-order valence-corrected chi connectivity index (χ3v) is 2.98. The monoisotopic (exact) mass is 255 g/mol. The van der Waals surface area contributed by atoms with Crippen LogP contribution < -0.4 is 4.90 Å². The number of anilines is 1. The van der Waals surface area contributed by atoms with E-state index >= 15 is 0 Å². The highest BCUT2D eigenvalue weighted by atomic mass is 16.4. The van der Waals surface area contributed by atoms with Crippen molar-refractivity contribution in [2.45, 2.75) is 6.92 Å². The lowest BCUT2D eigenvalue weighted by molar-refractivity contribution is -0.135. The fraction of sp³-hybridized carbons (Fsp3) is 0.214. The molecule has 0 aliphatic heterocycles. The Hall–Kier alpha value is -2.61. The van der Waals surface area contributed by atoms with Gasteiger partial charge in [0, 0.05) is 12.4 Å². The lowest BCUT2D eigenvalue weighted by Gasteiger charge is -2.19. The Kier molecular flexibility index (Phi) is 3.34. The van der Waals surface area contributed by atoms with Gasteiger partial charge < -0.3 is 10.0 Å². The number of nitriles is 1. The van der Waals surface area contributed by atoms with E-state index in [1.165, 1.54) is 4.90 Å². The average molecular weight is 255 g/mol. The number of aryl methyl sites for hydroxylation is 1. The third kappa shape index (κ3) is 2.33. The van der Waals surface area contributed by atoms with Crippen LogP contribution in [0.1, 0.15) is 11.1 Å². The number of carboxylic acid groups (broad SMARTS) is 1. The Morgan fingerprint density at radius 1 is 1.47 bits per heavy atom. The number of carbonyl (C=O) groups is 1. The van der Waals surface area contributed by atoms with Crippen molar-refractivity contribution in [2.24, 2.45) is 0 Å². The summed E-state index contributed by atoms with van der Waals surface area (Å²) >= 11 is 0. The zero-order chi connectivity index (χ0) is 14.0. The van der Waals surface area contributed by atoms with Crippen LogP contribution in [0.2, 0.25) is 0 Å². The van der Waals surface area contributed by atoms with Crippen LogP contribution in [0.25, 0.3) is 10.9 Å². The maximum Gasteiger partial charge on any atom is 0.323 e. The first-order chi connectivity index (χ1) is 9.04. The van der Waals surface area contributed by atoms with E-state index in [-0.39, 0.29) is 6.54 Å². The molecule has 0 radical (unpaired) electrons. The molecule has 0 atom stereocenters. The summed E-state index contributed by atoms with van der Waals surface area (Å²) in [7, 11) is 1.62. The second kappa shape index (κ2) is 4.94. The quantitative estimate of drug-likeness (QED) is 0.906. The molecule has 1 heterocycles. The maximum atomic E-state index is 10.8. The van der Waals surface area contributed by atoms with Gasteiger partial charge in [0.05, 0.1) is 11.1 Å². The number of para-hydroxylation sites is 1. The highest BCUT2D eigenvalue weighted by Crippen LogP contribution is 2.26. The molecule has 0 fully saturated rings. The van der Waals surface area contributed by atoms with Crippen molar-refractivity contribution in [1.29, 1.82) is 5.26 Å². The molecule has 96 valence electrons. The number of aliphatic carboxylic acids is 1. The Bertz CT molecular complexity index is 689. The van der Waals surface area contributed by atoms with E-state index in [0.717, 1.165) is 16.5 Å². The number of aromatic nitrogens is 1. The highest BCUT2D eigenvalue weighted by Gasteiger charge is 2.16. The molecule has 0 amide bonds. The summed E-state index contributed by atoms with van der Waals surface area (Å²) in [5.74, 6) is -0.555. The van der Waals surface area contributed by atoms with Gasteiger partial charge in [-0.15, -0.1) is 0 Å². The van der Waals surface area contributed by atoms with Gasteiger partial charge in [0.25, 0.3) is 0 Å². The normalized spacial score (nSPS) is 10.2. The molecule has 1 aromatic carbocycles. The van der Waals surface area contributed by atoms with Crippen molar-refractivity contribution in [3.05, 3.63) is 35.4 Å². The first kappa shape index (κ1) is 12.8. The summed E-state index contributed by atoms with van der Waals surface area (Å²) in [5.41, 5.74) is 1.99. The van der Waals surface area contributed by atoms with E-state index < -0.39 is 5.97 Å². The van der Waals surface area contributed by atoms with Crippen LogP contribution in [-0.2, 0) is 4.79 Å². The minimum Gasteiger partial charge on any atom is -0.480 e. The van der Waals surface area contributed by atoms with Crippen molar-refractivity contribution in [3.63, 3.8) is 0 Å². The number of likely N-dealkylation sites (N-methyl/N-ethyl adjacent to an activating group) is 1. The fourth-order valence-corrected chi connectivity index (χ4v) is 2.05. The molecule has 19 heavy (non-hydrogen) atoms. The lowest BCUT2D eigenvalue weighted by Crippen LogP contribution is -2.27. The van der Waals surface area contributed by atoms with Gasteiger partial charge in [-0.05, 0) is 18.6 Å². The number of hydrogen-bond donors (Lipinski definition) is 1. The van der Waals surface area contributed by atoms with Crippen LogP contribution in [0.5, 0.6) is 0 Å². The Morgan fingerprint density at radius 2 is 2.16 bits per heavy atom. The summed E-state index contributed by atoms with van der Waals surface area (Å²) in [6.45, 7) is 1.65. The minimum absolute atomic E-state index is 0.195. The Morgan fingerprint density at radius 3 is 2.79 bits per heavy atom. The van der Waals surface area contributed by atoms with Gasteiger partial charge in [0.15, 0.2) is 0 Å². The van der Waals surface area contributed by atoms with E-state index in [9.17, 15) is 10.1 Å². The summed E-state index contributed by atoms with van der Waals surface area (Å²) in [5, 5.41) is 19.0. The summed E-state index contributed by atoms with van der Waals surface area (Å²) in [6, 6.07) is 9.61. The number of benzene rings is 1. The van der Waals surface area contributed by atoms with E-state index in [1.807, 2.05) is 31.2 Å². The highest BCUT2D eigenvalue weighted by molar-refractivity contribution is 5.87. The molecule has 0 unspecified atom stereocenters. The lowest BCUT2D eigenvalue weighted by atomic mass is 10.0. The zero-order valence-electron chi connectivity index (χ0n) is 10.7. The first-order valence-corrected chi connectivity index (χ1v) is 5.77. The molecule has 0 aliphatic rings. The van der Waals surface area contributed by atoms with Gasteiger partial charge in [0.1, 0.15) is 18.4 Å². The second-order valence-corrected chi connectivity index (χ2v) is 4.31. The molecule has 0 saturated carbocycles. The van der Waals surface area contributed by atoms with Crippen LogP contribution in [-0.4, -0.2) is 29.7 Å². The number of pyridine rings is 1. The van der Waals surface area contributed by atoms with Crippen molar-refractivity contribution in [3.8, 4) is 6.07 Å². The molecule has 2 aromatic rings. The van der Waals surface area contributed by atoms with Crippen LogP contribution >= 0.6 is 0 Å². The molecule has 1 N–H and O–H groups in total. The predicted octanol–water partition coefficient (Wildman–Crippen LogP) is 1.94.